The van der Waals surface area contributed by atoms with Crippen LogP contribution in [0.5, 0.6) is 0 Å². The Labute approximate surface area is 130 Å². The van der Waals surface area contributed by atoms with Gasteiger partial charge in [-0.05, 0) is 41.5 Å². The van der Waals surface area contributed by atoms with Gasteiger partial charge in [0.15, 0.2) is 0 Å². The Morgan fingerprint density at radius 3 is 2.58 bits per heavy atom. The average Bonchev–Trinajstić information content (AvgIpc) is 2.75. The molecule has 0 spiro atoms. The summed E-state index contributed by atoms with van der Waals surface area (Å²) in [6, 6.07) is 1.91. The van der Waals surface area contributed by atoms with E-state index in [9.17, 15) is 13.2 Å². The summed E-state index contributed by atoms with van der Waals surface area (Å²) in [4.78, 5) is 12.0. The molecule has 2 heterocycles. The maximum atomic E-state index is 12.0. The number of carbonyl (C=O) groups excluding carboxylic acids is 1. The van der Waals surface area contributed by atoms with Gasteiger partial charge in [-0.2, -0.15) is 0 Å². The van der Waals surface area contributed by atoms with Gasteiger partial charge in [0.25, 0.3) is 5.91 Å². The normalized spacial score (nSPS) is 18.4. The Morgan fingerprint density at radius 2 is 2.11 bits per heavy atom. The number of halogens is 1. The van der Waals surface area contributed by atoms with Crippen molar-refractivity contribution < 1.29 is 13.2 Å². The van der Waals surface area contributed by atoms with Gasteiger partial charge in [0, 0.05) is 24.5 Å². The lowest BCUT2D eigenvalue weighted by molar-refractivity contribution is 0.0924. The molecule has 0 bridgehead atoms. The lowest BCUT2D eigenvalue weighted by atomic mass is 10.1. The molecule has 2 rings (SSSR count). The topological polar surface area (TPSA) is 66.5 Å². The predicted octanol–water partition coefficient (Wildman–Crippen LogP) is 1.51. The van der Waals surface area contributed by atoms with Gasteiger partial charge in [0.05, 0.1) is 14.7 Å². The van der Waals surface area contributed by atoms with E-state index in [1.165, 1.54) is 21.9 Å². The molecule has 1 N–H and O–H groups in total. The molecular formula is C11H15IN2O3S2. The number of amides is 1. The molecule has 1 aliphatic heterocycles. The molecule has 1 aromatic heterocycles. The molecule has 0 unspecified atom stereocenters. The number of sulfonamides is 1. The number of nitrogens with zero attached hydrogens (tertiary/aromatic N) is 1. The highest BCUT2D eigenvalue weighted by molar-refractivity contribution is 14.1. The minimum absolute atomic E-state index is 0.0584. The van der Waals surface area contributed by atoms with E-state index in [1.54, 1.807) is 0 Å². The molecule has 106 valence electrons. The molecule has 0 aromatic carbocycles. The molecule has 1 fully saturated rings. The Balaban J connectivity index is 1.88. The molecule has 19 heavy (non-hydrogen) atoms. The van der Waals surface area contributed by atoms with Crippen LogP contribution in [-0.4, -0.2) is 44.0 Å². The van der Waals surface area contributed by atoms with E-state index in [-0.39, 0.29) is 11.9 Å². The summed E-state index contributed by atoms with van der Waals surface area (Å²) < 4.78 is 25.3. The smallest absolute Gasteiger partial charge is 0.252 e. The van der Waals surface area contributed by atoms with Crippen molar-refractivity contribution in [2.75, 3.05) is 19.3 Å². The van der Waals surface area contributed by atoms with Crippen LogP contribution in [0.1, 0.15) is 23.2 Å². The first kappa shape index (κ1) is 15.2. The SMILES string of the molecule is CS(=O)(=O)N1CCC(NC(=O)c2csc(I)c2)CC1. The number of rotatable bonds is 3. The molecule has 0 aliphatic carbocycles. The van der Waals surface area contributed by atoms with E-state index in [0.717, 1.165) is 2.88 Å². The second-order valence-corrected chi connectivity index (χ2v) is 9.34. The lowest BCUT2D eigenvalue weighted by Gasteiger charge is -2.30. The fourth-order valence-electron chi connectivity index (χ4n) is 2.03. The van der Waals surface area contributed by atoms with E-state index < -0.39 is 10.0 Å². The molecule has 0 atom stereocenters. The molecule has 1 amide bonds. The third-order valence-corrected chi connectivity index (χ3v) is 6.18. The Kier molecular flexibility index (Phi) is 4.85. The Hall–Kier alpha value is -0.190. The van der Waals surface area contributed by atoms with E-state index in [0.29, 0.717) is 31.5 Å². The first-order valence-electron chi connectivity index (χ1n) is 5.86. The standard InChI is InChI=1S/C11H15IN2O3S2/c1-19(16,17)14-4-2-9(3-5-14)13-11(15)8-6-10(12)18-7-8/h6-7,9H,2-5H2,1H3,(H,13,15). The lowest BCUT2D eigenvalue weighted by Crippen LogP contribution is -2.46. The monoisotopic (exact) mass is 414 g/mol. The summed E-state index contributed by atoms with van der Waals surface area (Å²) >= 11 is 3.72. The highest BCUT2D eigenvalue weighted by atomic mass is 127. The minimum atomic E-state index is -3.11. The summed E-state index contributed by atoms with van der Waals surface area (Å²) in [5, 5.41) is 4.80. The Morgan fingerprint density at radius 1 is 1.47 bits per heavy atom. The number of nitrogens with one attached hydrogen (secondary N) is 1. The number of piperidine rings is 1. The minimum Gasteiger partial charge on any atom is -0.349 e. The fraction of sp³-hybridized carbons (Fsp3) is 0.545. The van der Waals surface area contributed by atoms with Crippen LogP contribution in [-0.2, 0) is 10.0 Å². The zero-order chi connectivity index (χ0) is 14.0. The molecule has 5 nitrogen and oxygen atoms in total. The maximum absolute atomic E-state index is 12.0. The molecule has 1 aromatic rings. The number of hydrogen-bond donors (Lipinski definition) is 1. The molecule has 1 aliphatic rings. The van der Waals surface area contributed by atoms with Crippen molar-refractivity contribution in [3.8, 4) is 0 Å². The summed E-state index contributed by atoms with van der Waals surface area (Å²) in [5.41, 5.74) is 0.681. The van der Waals surface area contributed by atoms with Crippen molar-refractivity contribution in [3.05, 3.63) is 19.9 Å². The third-order valence-electron chi connectivity index (χ3n) is 3.09. The van der Waals surface area contributed by atoms with E-state index in [4.69, 9.17) is 0 Å². The molecule has 8 heteroatoms. The Bertz CT molecular complexity index is 562. The largest absolute Gasteiger partial charge is 0.349 e. The molecule has 0 radical (unpaired) electrons. The van der Waals surface area contributed by atoms with Crippen LogP contribution in [0.25, 0.3) is 0 Å². The summed E-state index contributed by atoms with van der Waals surface area (Å²) in [6.07, 6.45) is 2.55. The first-order valence-corrected chi connectivity index (χ1v) is 9.67. The highest BCUT2D eigenvalue weighted by Crippen LogP contribution is 2.18. The van der Waals surface area contributed by atoms with Crippen LogP contribution >= 0.6 is 33.9 Å². The van der Waals surface area contributed by atoms with Gasteiger partial charge >= 0.3 is 0 Å². The van der Waals surface area contributed by atoms with Gasteiger partial charge in [-0.15, -0.1) is 11.3 Å². The summed E-state index contributed by atoms with van der Waals surface area (Å²) in [5.74, 6) is -0.0722. The van der Waals surface area contributed by atoms with Gasteiger partial charge in [-0.1, -0.05) is 0 Å². The van der Waals surface area contributed by atoms with Crippen LogP contribution in [0.4, 0.5) is 0 Å². The van der Waals surface area contributed by atoms with Crippen molar-refractivity contribution in [2.24, 2.45) is 0 Å². The van der Waals surface area contributed by atoms with Crippen LogP contribution in [0.2, 0.25) is 0 Å². The van der Waals surface area contributed by atoms with Crippen LogP contribution in [0.15, 0.2) is 11.4 Å². The van der Waals surface area contributed by atoms with Crippen molar-refractivity contribution >= 4 is 49.9 Å². The average molecular weight is 414 g/mol. The van der Waals surface area contributed by atoms with Crippen LogP contribution in [0, 0.1) is 2.88 Å². The van der Waals surface area contributed by atoms with Crippen molar-refractivity contribution in [3.63, 3.8) is 0 Å². The molecular weight excluding hydrogens is 399 g/mol. The second kappa shape index (κ2) is 6.06. The second-order valence-electron chi connectivity index (χ2n) is 4.55. The van der Waals surface area contributed by atoms with Crippen molar-refractivity contribution in [1.82, 2.24) is 9.62 Å². The van der Waals surface area contributed by atoms with Crippen molar-refractivity contribution in [1.29, 1.82) is 0 Å². The van der Waals surface area contributed by atoms with Gasteiger partial charge in [0.1, 0.15) is 0 Å². The van der Waals surface area contributed by atoms with E-state index in [1.807, 2.05) is 11.4 Å². The van der Waals surface area contributed by atoms with E-state index >= 15 is 0 Å². The highest BCUT2D eigenvalue weighted by Gasteiger charge is 2.26. The van der Waals surface area contributed by atoms with Gasteiger partial charge in [-0.25, -0.2) is 12.7 Å². The zero-order valence-corrected chi connectivity index (χ0v) is 14.2. The predicted molar refractivity (Wildman–Crippen MR) is 83.9 cm³/mol. The maximum Gasteiger partial charge on any atom is 0.252 e. The summed E-state index contributed by atoms with van der Waals surface area (Å²) in [7, 11) is -3.11. The number of hydrogen-bond acceptors (Lipinski definition) is 4. The van der Waals surface area contributed by atoms with E-state index in [2.05, 4.69) is 27.9 Å². The van der Waals surface area contributed by atoms with Crippen LogP contribution < -0.4 is 5.32 Å². The van der Waals surface area contributed by atoms with Gasteiger partial charge < -0.3 is 5.32 Å². The molecule has 0 saturated carbocycles. The van der Waals surface area contributed by atoms with Crippen molar-refractivity contribution in [2.45, 2.75) is 18.9 Å². The molecule has 1 saturated heterocycles. The summed E-state index contributed by atoms with van der Waals surface area (Å²) in [6.45, 7) is 0.954. The first-order chi connectivity index (χ1) is 8.86. The number of carbonyl (C=O) groups is 1. The quantitative estimate of drug-likeness (QED) is 0.763. The fourth-order valence-corrected chi connectivity index (χ4v) is 4.23. The third kappa shape index (κ3) is 4.14. The van der Waals surface area contributed by atoms with Gasteiger partial charge in [-0.3, -0.25) is 4.79 Å². The van der Waals surface area contributed by atoms with Crippen LogP contribution in [0.3, 0.4) is 0 Å². The van der Waals surface area contributed by atoms with Gasteiger partial charge in [0.2, 0.25) is 10.0 Å². The zero-order valence-electron chi connectivity index (χ0n) is 10.4. The number of thiophene rings is 1.